The number of unbranched alkanes of at least 4 members (excludes halogenated alkanes) is 11. The van der Waals surface area contributed by atoms with Gasteiger partial charge in [0.25, 0.3) is 0 Å². The van der Waals surface area contributed by atoms with Gasteiger partial charge in [0.15, 0.2) is 0 Å². The van der Waals surface area contributed by atoms with Crippen molar-refractivity contribution in [2.75, 3.05) is 0 Å². The first-order valence-corrected chi connectivity index (χ1v) is 18.4. The Morgan fingerprint density at radius 3 is 1.78 bits per heavy atom. The molecule has 5 rings (SSSR count). The first kappa shape index (κ1) is 33.1. The molecule has 2 nitrogen and oxygen atoms in total. The van der Waals surface area contributed by atoms with Crippen LogP contribution in [0.4, 0.5) is 0 Å². The Morgan fingerprint density at radius 1 is 0.511 bits per heavy atom. The SMILES string of the molecule is CCCCCCCCC1(CCCCCCCC)c2cc(CCCC)ccc2-c2ccc(-c3cccc(-c4ccccn4)n3)cc21. The maximum absolute atomic E-state index is 5.13. The molecule has 0 aliphatic heterocycles. The van der Waals surface area contributed by atoms with E-state index in [1.807, 2.05) is 24.4 Å². The van der Waals surface area contributed by atoms with Crippen LogP contribution in [0.5, 0.6) is 0 Å². The lowest BCUT2D eigenvalue weighted by Gasteiger charge is -2.33. The minimum absolute atomic E-state index is 0.0804. The van der Waals surface area contributed by atoms with E-state index >= 15 is 0 Å². The van der Waals surface area contributed by atoms with Crippen molar-refractivity contribution in [3.63, 3.8) is 0 Å². The molecular weight excluding hydrogens is 544 g/mol. The molecule has 0 fully saturated rings. The number of rotatable bonds is 19. The second kappa shape index (κ2) is 16.9. The van der Waals surface area contributed by atoms with Crippen molar-refractivity contribution in [2.45, 2.75) is 135 Å². The highest BCUT2D eigenvalue weighted by molar-refractivity contribution is 5.84. The fraction of sp³-hybridized carbons (Fsp3) is 0.488. The molecule has 0 bridgehead atoms. The molecule has 0 N–H and O–H groups in total. The summed E-state index contributed by atoms with van der Waals surface area (Å²) >= 11 is 0. The highest BCUT2D eigenvalue weighted by Gasteiger charge is 2.42. The molecule has 1 aliphatic rings. The van der Waals surface area contributed by atoms with Crippen LogP contribution in [0.15, 0.2) is 79.0 Å². The van der Waals surface area contributed by atoms with Crippen LogP contribution in [0.25, 0.3) is 33.8 Å². The van der Waals surface area contributed by atoms with Crippen LogP contribution >= 0.6 is 0 Å². The number of aryl methyl sites for hydroxylation is 1. The Labute approximate surface area is 274 Å². The summed E-state index contributed by atoms with van der Waals surface area (Å²) in [6.07, 6.45) is 24.1. The van der Waals surface area contributed by atoms with Crippen molar-refractivity contribution in [3.05, 3.63) is 95.7 Å². The van der Waals surface area contributed by atoms with Gasteiger partial charge in [-0.25, -0.2) is 4.98 Å². The van der Waals surface area contributed by atoms with Crippen molar-refractivity contribution in [2.24, 2.45) is 0 Å². The number of pyridine rings is 2. The lowest BCUT2D eigenvalue weighted by atomic mass is 9.70. The standard InChI is InChI=1S/C43H56N2/c1-4-7-10-12-14-17-29-43(30-18-15-13-11-8-5-2)38-32-34(21-9-6-3)25-27-36(38)37-28-26-35(33-39(37)43)40-23-20-24-42(45-40)41-22-16-19-31-44-41/h16,19-20,22-28,31-33H,4-15,17-18,21,29-30H2,1-3H3. The van der Waals surface area contributed by atoms with Crippen molar-refractivity contribution < 1.29 is 0 Å². The predicted octanol–water partition coefficient (Wildman–Crippen LogP) is 12.9. The summed E-state index contributed by atoms with van der Waals surface area (Å²) < 4.78 is 0. The number of hydrogen-bond donors (Lipinski definition) is 0. The zero-order valence-electron chi connectivity index (χ0n) is 28.4. The third-order valence-electron chi connectivity index (χ3n) is 10.1. The molecule has 45 heavy (non-hydrogen) atoms. The van der Waals surface area contributed by atoms with Crippen molar-refractivity contribution in [3.8, 4) is 33.8 Å². The lowest BCUT2D eigenvalue weighted by Crippen LogP contribution is -2.26. The average Bonchev–Trinajstić information content (AvgIpc) is 3.35. The summed E-state index contributed by atoms with van der Waals surface area (Å²) in [5, 5.41) is 0. The zero-order valence-corrected chi connectivity index (χ0v) is 28.4. The van der Waals surface area contributed by atoms with Gasteiger partial charge in [-0.2, -0.15) is 0 Å². The van der Waals surface area contributed by atoms with Crippen LogP contribution in [0, 0.1) is 0 Å². The van der Waals surface area contributed by atoms with E-state index in [4.69, 9.17) is 4.98 Å². The molecular formula is C43H56N2. The second-order valence-electron chi connectivity index (χ2n) is 13.5. The van der Waals surface area contributed by atoms with Gasteiger partial charge in [0, 0.05) is 17.2 Å². The van der Waals surface area contributed by atoms with Gasteiger partial charge in [-0.1, -0.05) is 147 Å². The monoisotopic (exact) mass is 600 g/mol. The summed E-state index contributed by atoms with van der Waals surface area (Å²) in [5.41, 5.74) is 11.8. The normalized spacial score (nSPS) is 13.1. The van der Waals surface area contributed by atoms with Crippen LogP contribution in [0.3, 0.4) is 0 Å². The number of aromatic nitrogens is 2. The fourth-order valence-electron chi connectivity index (χ4n) is 7.57. The van der Waals surface area contributed by atoms with Crippen LogP contribution in [0.1, 0.15) is 140 Å². The molecule has 0 spiro atoms. The Bertz CT molecular complexity index is 1450. The molecule has 1 aliphatic carbocycles. The Balaban J connectivity index is 1.54. The third-order valence-corrected chi connectivity index (χ3v) is 10.1. The Morgan fingerprint density at radius 2 is 1.11 bits per heavy atom. The van der Waals surface area contributed by atoms with E-state index in [9.17, 15) is 0 Å². The highest BCUT2D eigenvalue weighted by atomic mass is 14.8. The van der Waals surface area contributed by atoms with Gasteiger partial charge in [-0.15, -0.1) is 0 Å². The number of fused-ring (bicyclic) bond motifs is 3. The topological polar surface area (TPSA) is 25.8 Å². The smallest absolute Gasteiger partial charge is 0.0893 e. The molecule has 4 aromatic rings. The number of benzene rings is 2. The van der Waals surface area contributed by atoms with Gasteiger partial charge in [0.1, 0.15) is 0 Å². The van der Waals surface area contributed by atoms with E-state index in [0.717, 1.165) is 17.1 Å². The fourth-order valence-corrected chi connectivity index (χ4v) is 7.57. The van der Waals surface area contributed by atoms with Crippen molar-refractivity contribution in [1.29, 1.82) is 0 Å². The maximum Gasteiger partial charge on any atom is 0.0893 e. The van der Waals surface area contributed by atoms with Gasteiger partial charge >= 0.3 is 0 Å². The molecule has 0 saturated heterocycles. The van der Waals surface area contributed by atoms with Crippen molar-refractivity contribution in [1.82, 2.24) is 9.97 Å². The highest BCUT2D eigenvalue weighted by Crippen LogP contribution is 2.55. The van der Waals surface area contributed by atoms with Crippen molar-refractivity contribution >= 4 is 0 Å². The summed E-state index contributed by atoms with van der Waals surface area (Å²) in [7, 11) is 0. The number of nitrogens with zero attached hydrogens (tertiary/aromatic N) is 2. The first-order valence-electron chi connectivity index (χ1n) is 18.4. The summed E-state index contributed by atoms with van der Waals surface area (Å²) in [4.78, 5) is 9.71. The van der Waals surface area contributed by atoms with E-state index < -0.39 is 0 Å². The van der Waals surface area contributed by atoms with E-state index in [2.05, 4.69) is 80.4 Å². The molecule has 0 saturated carbocycles. The van der Waals surface area contributed by atoms with E-state index in [-0.39, 0.29) is 5.41 Å². The van der Waals surface area contributed by atoms with Crippen LogP contribution in [-0.4, -0.2) is 9.97 Å². The minimum Gasteiger partial charge on any atom is -0.255 e. The van der Waals surface area contributed by atoms with Gasteiger partial charge in [0.2, 0.25) is 0 Å². The molecule has 0 radical (unpaired) electrons. The van der Waals surface area contributed by atoms with Gasteiger partial charge < -0.3 is 0 Å². The predicted molar refractivity (Wildman–Crippen MR) is 194 cm³/mol. The zero-order chi connectivity index (χ0) is 31.3. The Kier molecular flexibility index (Phi) is 12.4. The first-order chi connectivity index (χ1) is 22.2. The molecule has 0 amide bonds. The molecule has 2 aromatic carbocycles. The summed E-state index contributed by atoms with van der Waals surface area (Å²) in [6.45, 7) is 6.94. The van der Waals surface area contributed by atoms with E-state index in [0.29, 0.717) is 0 Å². The average molecular weight is 601 g/mol. The van der Waals surface area contributed by atoms with Crippen LogP contribution in [0.2, 0.25) is 0 Å². The van der Waals surface area contributed by atoms with Crippen LogP contribution in [-0.2, 0) is 11.8 Å². The van der Waals surface area contributed by atoms with Gasteiger partial charge in [0.05, 0.1) is 17.1 Å². The molecule has 238 valence electrons. The minimum atomic E-state index is 0.0804. The molecule has 2 aromatic heterocycles. The van der Waals surface area contributed by atoms with E-state index in [1.54, 1.807) is 11.1 Å². The molecule has 0 atom stereocenters. The lowest BCUT2D eigenvalue weighted by molar-refractivity contribution is 0.397. The Hall–Kier alpha value is -3.26. The molecule has 0 unspecified atom stereocenters. The largest absolute Gasteiger partial charge is 0.255 e. The van der Waals surface area contributed by atoms with E-state index in [1.165, 1.54) is 131 Å². The quantitative estimate of drug-likeness (QED) is 0.100. The molecule has 2 heteroatoms. The summed E-state index contributed by atoms with van der Waals surface area (Å²) in [5.74, 6) is 0. The maximum atomic E-state index is 5.13. The van der Waals surface area contributed by atoms with Gasteiger partial charge in [-0.05, 0) is 83.8 Å². The van der Waals surface area contributed by atoms with Gasteiger partial charge in [-0.3, -0.25) is 4.98 Å². The molecule has 2 heterocycles. The van der Waals surface area contributed by atoms with Crippen LogP contribution < -0.4 is 0 Å². The second-order valence-corrected chi connectivity index (χ2v) is 13.5. The number of hydrogen-bond acceptors (Lipinski definition) is 2. The summed E-state index contributed by atoms with van der Waals surface area (Å²) in [6, 6.07) is 27.2. The third kappa shape index (κ3) is 8.13.